The van der Waals surface area contributed by atoms with E-state index in [0.717, 1.165) is 0 Å². The molecule has 0 spiro atoms. The SMILES string of the molecule is COc1cc(O)c2c(=O)c(O[C@@H]3O[C@H](CO)[C@H](O)[C@H](O)[C@H]3O[C@@H]3OC[C@@H](O)[C@H](O)[C@H]3O)c(-c3ccc(O)cc3)oc2c1. The number of methoxy groups -OCH3 is 1. The quantitative estimate of drug-likeness (QED) is 0.156. The molecule has 0 amide bonds. The molecule has 42 heavy (non-hydrogen) atoms. The number of hydrogen-bond acceptors (Lipinski definition) is 15. The molecular weight excluding hydrogens is 564 g/mol. The van der Waals surface area contributed by atoms with Crippen molar-refractivity contribution in [2.45, 2.75) is 55.3 Å². The van der Waals surface area contributed by atoms with Crippen LogP contribution >= 0.6 is 0 Å². The number of aliphatic hydroxyl groups is 6. The predicted molar refractivity (Wildman–Crippen MR) is 139 cm³/mol. The molecule has 228 valence electrons. The minimum Gasteiger partial charge on any atom is -0.508 e. The van der Waals surface area contributed by atoms with E-state index in [-0.39, 0.29) is 33.8 Å². The predicted octanol–water partition coefficient (Wildman–Crippen LogP) is -1.48. The van der Waals surface area contributed by atoms with E-state index in [0.29, 0.717) is 0 Å². The van der Waals surface area contributed by atoms with Crippen molar-refractivity contribution in [2.75, 3.05) is 20.3 Å². The van der Waals surface area contributed by atoms with E-state index in [4.69, 9.17) is 28.1 Å². The Hall–Kier alpha value is -3.51. The average molecular weight is 595 g/mol. The van der Waals surface area contributed by atoms with Crippen molar-refractivity contribution in [3.63, 3.8) is 0 Å². The maximum atomic E-state index is 13.8. The molecule has 0 saturated carbocycles. The van der Waals surface area contributed by atoms with E-state index in [9.17, 15) is 45.6 Å². The summed E-state index contributed by atoms with van der Waals surface area (Å²) in [6, 6.07) is 8.00. The van der Waals surface area contributed by atoms with Gasteiger partial charge in [0, 0.05) is 17.7 Å². The minimum absolute atomic E-state index is 0.0837. The van der Waals surface area contributed by atoms with Crippen LogP contribution in [-0.4, -0.2) is 116 Å². The number of aromatic hydroxyl groups is 2. The van der Waals surface area contributed by atoms with Crippen molar-refractivity contribution in [3.05, 3.63) is 46.6 Å². The van der Waals surface area contributed by atoms with Gasteiger partial charge in [0.2, 0.25) is 17.5 Å². The smallest absolute Gasteiger partial charge is 0.239 e. The lowest BCUT2D eigenvalue weighted by Crippen LogP contribution is -2.64. The van der Waals surface area contributed by atoms with Gasteiger partial charge in [-0.05, 0) is 24.3 Å². The molecule has 0 aliphatic carbocycles. The largest absolute Gasteiger partial charge is 0.508 e. The van der Waals surface area contributed by atoms with Gasteiger partial charge < -0.3 is 69.0 Å². The fourth-order valence-electron chi connectivity index (χ4n) is 4.75. The summed E-state index contributed by atoms with van der Waals surface area (Å²) in [6.45, 7) is -1.22. The molecule has 2 aliphatic heterocycles. The van der Waals surface area contributed by atoms with Crippen molar-refractivity contribution in [1.82, 2.24) is 0 Å². The lowest BCUT2D eigenvalue weighted by atomic mass is 9.98. The van der Waals surface area contributed by atoms with Crippen molar-refractivity contribution in [2.24, 2.45) is 0 Å². The summed E-state index contributed by atoms with van der Waals surface area (Å²) >= 11 is 0. The lowest BCUT2D eigenvalue weighted by molar-refractivity contribution is -0.345. The molecule has 2 aliphatic rings. The Morgan fingerprint density at radius 1 is 0.929 bits per heavy atom. The van der Waals surface area contributed by atoms with Crippen LogP contribution in [0.4, 0.5) is 0 Å². The molecule has 8 N–H and O–H groups in total. The zero-order valence-corrected chi connectivity index (χ0v) is 22.0. The van der Waals surface area contributed by atoms with Crippen molar-refractivity contribution >= 4 is 11.0 Å². The molecule has 1 aromatic heterocycles. The van der Waals surface area contributed by atoms with Gasteiger partial charge in [-0.3, -0.25) is 4.79 Å². The van der Waals surface area contributed by atoms with Gasteiger partial charge in [-0.1, -0.05) is 0 Å². The van der Waals surface area contributed by atoms with E-state index in [2.05, 4.69) is 0 Å². The third-order valence-electron chi connectivity index (χ3n) is 7.08. The second-order valence-corrected chi connectivity index (χ2v) is 9.83. The van der Waals surface area contributed by atoms with Gasteiger partial charge >= 0.3 is 0 Å². The first-order chi connectivity index (χ1) is 20.0. The van der Waals surface area contributed by atoms with Crippen LogP contribution < -0.4 is 14.9 Å². The summed E-state index contributed by atoms with van der Waals surface area (Å²) in [7, 11) is 1.35. The summed E-state index contributed by atoms with van der Waals surface area (Å²) in [5, 5.41) is 81.4. The third kappa shape index (κ3) is 5.49. The fourth-order valence-corrected chi connectivity index (χ4v) is 4.75. The Morgan fingerprint density at radius 3 is 2.31 bits per heavy atom. The summed E-state index contributed by atoms with van der Waals surface area (Å²) < 4.78 is 33.6. The van der Waals surface area contributed by atoms with Gasteiger partial charge in [0.25, 0.3) is 0 Å². The Bertz CT molecular complexity index is 1460. The van der Waals surface area contributed by atoms with Crippen molar-refractivity contribution in [3.8, 4) is 34.3 Å². The molecular formula is C27H30O15. The van der Waals surface area contributed by atoms with Gasteiger partial charge in [-0.15, -0.1) is 0 Å². The average Bonchev–Trinajstić information content (AvgIpc) is 2.97. The zero-order valence-electron chi connectivity index (χ0n) is 22.0. The lowest BCUT2D eigenvalue weighted by Gasteiger charge is -2.44. The highest BCUT2D eigenvalue weighted by molar-refractivity contribution is 5.88. The molecule has 5 rings (SSSR count). The van der Waals surface area contributed by atoms with Gasteiger partial charge in [0.15, 0.2) is 18.2 Å². The van der Waals surface area contributed by atoms with Gasteiger partial charge in [-0.2, -0.15) is 0 Å². The topological polar surface area (TPSA) is 238 Å². The van der Waals surface area contributed by atoms with E-state index < -0.39 is 85.4 Å². The highest BCUT2D eigenvalue weighted by atomic mass is 16.8. The number of fused-ring (bicyclic) bond motifs is 1. The zero-order chi connectivity index (χ0) is 30.3. The second kappa shape index (κ2) is 12.0. The van der Waals surface area contributed by atoms with E-state index >= 15 is 0 Å². The third-order valence-corrected chi connectivity index (χ3v) is 7.08. The normalized spacial score (nSPS) is 31.6. The number of benzene rings is 2. The van der Waals surface area contributed by atoms with Crippen LogP contribution in [0.2, 0.25) is 0 Å². The second-order valence-electron chi connectivity index (χ2n) is 9.83. The van der Waals surface area contributed by atoms with Crippen LogP contribution in [0, 0.1) is 0 Å². The summed E-state index contributed by atoms with van der Waals surface area (Å²) in [6.07, 6.45) is -15.0. The molecule has 2 aromatic carbocycles. The molecule has 2 fully saturated rings. The van der Waals surface area contributed by atoms with Gasteiger partial charge in [-0.25, -0.2) is 0 Å². The number of hydrogen-bond donors (Lipinski definition) is 8. The maximum absolute atomic E-state index is 13.8. The Balaban J connectivity index is 1.61. The molecule has 15 heteroatoms. The van der Waals surface area contributed by atoms with Crippen LogP contribution in [0.25, 0.3) is 22.3 Å². The number of ether oxygens (including phenoxy) is 5. The van der Waals surface area contributed by atoms with Crippen LogP contribution in [-0.2, 0) is 14.2 Å². The van der Waals surface area contributed by atoms with Crippen LogP contribution in [0.3, 0.4) is 0 Å². The first-order valence-corrected chi connectivity index (χ1v) is 12.8. The van der Waals surface area contributed by atoms with Crippen LogP contribution in [0.15, 0.2) is 45.6 Å². The summed E-state index contributed by atoms with van der Waals surface area (Å²) in [4.78, 5) is 13.8. The number of rotatable bonds is 7. The Morgan fingerprint density at radius 2 is 1.64 bits per heavy atom. The monoisotopic (exact) mass is 594 g/mol. The molecule has 0 bridgehead atoms. The molecule has 15 nitrogen and oxygen atoms in total. The van der Waals surface area contributed by atoms with Crippen LogP contribution in [0.5, 0.6) is 23.0 Å². The highest BCUT2D eigenvalue weighted by Crippen LogP contribution is 2.38. The first-order valence-electron chi connectivity index (χ1n) is 12.8. The molecule has 2 saturated heterocycles. The van der Waals surface area contributed by atoms with E-state index in [1.807, 2.05) is 0 Å². The van der Waals surface area contributed by atoms with Gasteiger partial charge in [0.1, 0.15) is 64.8 Å². The molecule has 3 heterocycles. The summed E-state index contributed by atoms with van der Waals surface area (Å²) in [5.41, 5.74) is -0.741. The first kappa shape index (κ1) is 30.0. The van der Waals surface area contributed by atoms with Gasteiger partial charge in [0.05, 0.1) is 20.3 Å². The maximum Gasteiger partial charge on any atom is 0.239 e. The minimum atomic E-state index is -1.84. The fraction of sp³-hybridized carbons (Fsp3) is 0.444. The van der Waals surface area contributed by atoms with Crippen molar-refractivity contribution in [1.29, 1.82) is 0 Å². The standard InChI is InChI=1S/C27H30O15/c1-37-12-6-13(30)17-15(7-12)39-23(10-2-4-11(29)5-3-10)24(20(17)34)41-27-25(21(35)19(33)16(8-28)40-27)42-26-22(36)18(32)14(31)9-38-26/h2-7,14,16,18-19,21-22,25-33,35-36H,8-9H2,1H3/t14-,16-,18+,19+,21+,22-,25-,26+,27+/m1/s1. The highest BCUT2D eigenvalue weighted by Gasteiger charge is 2.50. The van der Waals surface area contributed by atoms with Crippen LogP contribution in [0.1, 0.15) is 0 Å². The molecule has 9 atom stereocenters. The number of phenols is 2. The Kier molecular flexibility index (Phi) is 8.56. The number of phenolic OH excluding ortho intramolecular Hbond substituents is 2. The molecule has 0 unspecified atom stereocenters. The van der Waals surface area contributed by atoms with E-state index in [1.54, 1.807) is 0 Å². The van der Waals surface area contributed by atoms with E-state index in [1.165, 1.54) is 43.5 Å². The molecule has 3 aromatic rings. The number of aliphatic hydroxyl groups excluding tert-OH is 6. The Labute approximate surface area is 236 Å². The molecule has 0 radical (unpaired) electrons. The van der Waals surface area contributed by atoms with Crippen molar-refractivity contribution < 1.29 is 69.0 Å². The summed E-state index contributed by atoms with van der Waals surface area (Å²) in [5.74, 6) is -1.16.